The maximum Gasteiger partial charge on any atom is 0.275 e. The Kier molecular flexibility index (Phi) is 3.87. The number of carbonyl (C=O) groups excluding carboxylic acids is 1. The molecular formula is C17H27N2OS+. The van der Waals surface area contributed by atoms with Gasteiger partial charge in [0.15, 0.2) is 6.54 Å². The number of thiophene rings is 1. The summed E-state index contributed by atoms with van der Waals surface area (Å²) in [6.07, 6.45) is 3.92. The van der Waals surface area contributed by atoms with Gasteiger partial charge in [0.1, 0.15) is 6.54 Å². The molecule has 2 aliphatic carbocycles. The number of nitrogens with two attached hydrogens (primary N) is 1. The van der Waals surface area contributed by atoms with Crippen molar-refractivity contribution in [2.75, 3.05) is 6.54 Å². The summed E-state index contributed by atoms with van der Waals surface area (Å²) >= 11 is 1.75. The van der Waals surface area contributed by atoms with E-state index in [9.17, 15) is 4.79 Å². The summed E-state index contributed by atoms with van der Waals surface area (Å²) in [5.41, 5.74) is 0.198. The van der Waals surface area contributed by atoms with Gasteiger partial charge in [-0.1, -0.05) is 19.9 Å². The maximum atomic E-state index is 12.4. The van der Waals surface area contributed by atoms with E-state index in [2.05, 4.69) is 48.9 Å². The number of amides is 1. The van der Waals surface area contributed by atoms with Gasteiger partial charge in [-0.3, -0.25) is 4.79 Å². The first-order valence-corrected chi connectivity index (χ1v) is 8.96. The topological polar surface area (TPSA) is 45.7 Å². The summed E-state index contributed by atoms with van der Waals surface area (Å²) in [6.45, 7) is 8.38. The van der Waals surface area contributed by atoms with Gasteiger partial charge < -0.3 is 10.6 Å². The average molecular weight is 307 g/mol. The normalized spacial score (nSPS) is 33.3. The summed E-state index contributed by atoms with van der Waals surface area (Å²) in [5.74, 6) is 1.64. The predicted octanol–water partition coefficient (Wildman–Crippen LogP) is 2.14. The lowest BCUT2D eigenvalue weighted by Gasteiger charge is -2.48. The van der Waals surface area contributed by atoms with Crippen LogP contribution in [0.2, 0.25) is 0 Å². The van der Waals surface area contributed by atoms with Crippen LogP contribution in [0, 0.1) is 17.3 Å². The monoisotopic (exact) mass is 307 g/mol. The maximum absolute atomic E-state index is 12.4. The lowest BCUT2D eigenvalue weighted by molar-refractivity contribution is -0.659. The van der Waals surface area contributed by atoms with Gasteiger partial charge >= 0.3 is 0 Å². The molecule has 3 nitrogen and oxygen atoms in total. The summed E-state index contributed by atoms with van der Waals surface area (Å²) in [4.78, 5) is 13.7. The molecule has 4 heteroatoms. The molecule has 116 valence electrons. The van der Waals surface area contributed by atoms with Crippen LogP contribution in [-0.4, -0.2) is 18.0 Å². The minimum absolute atomic E-state index is 0.0240. The Morgan fingerprint density at radius 2 is 2.14 bits per heavy atom. The molecule has 0 radical (unpaired) electrons. The predicted molar refractivity (Wildman–Crippen MR) is 86.0 cm³/mol. The van der Waals surface area contributed by atoms with Crippen molar-refractivity contribution in [3.63, 3.8) is 0 Å². The van der Waals surface area contributed by atoms with E-state index in [1.807, 2.05) is 0 Å². The van der Waals surface area contributed by atoms with Crippen LogP contribution in [0.3, 0.4) is 0 Å². The van der Waals surface area contributed by atoms with Crippen molar-refractivity contribution in [3.05, 3.63) is 22.4 Å². The van der Waals surface area contributed by atoms with E-state index in [0.717, 1.165) is 12.5 Å². The van der Waals surface area contributed by atoms with E-state index < -0.39 is 0 Å². The van der Waals surface area contributed by atoms with Crippen LogP contribution in [0.15, 0.2) is 17.5 Å². The lowest BCUT2D eigenvalue weighted by Crippen LogP contribution is -2.85. The van der Waals surface area contributed by atoms with Gasteiger partial charge in [-0.25, -0.2) is 0 Å². The highest BCUT2D eigenvalue weighted by Crippen LogP contribution is 2.61. The van der Waals surface area contributed by atoms with E-state index in [1.165, 1.54) is 24.1 Å². The third kappa shape index (κ3) is 2.53. The summed E-state index contributed by atoms with van der Waals surface area (Å²) in [5, 5.41) is 7.58. The number of rotatable bonds is 5. The van der Waals surface area contributed by atoms with Crippen LogP contribution >= 0.6 is 11.3 Å². The van der Waals surface area contributed by atoms with Gasteiger partial charge in [-0.05, 0) is 54.9 Å². The standard InChI is InChI=1S/C17H26N2OS/c1-16(2)12-6-7-13(9-12)17(16,3)19-15(20)11-18-10-14-5-4-8-21-14/h4-5,8,12-13,18H,6-7,9-11H2,1-3H3,(H,19,20)/p+1/t12-,13-,17-/m1/s1. The molecule has 3 N–H and O–H groups in total. The minimum atomic E-state index is -0.0240. The first-order valence-electron chi connectivity index (χ1n) is 8.08. The van der Waals surface area contributed by atoms with Crippen LogP contribution < -0.4 is 10.6 Å². The van der Waals surface area contributed by atoms with Crippen molar-refractivity contribution < 1.29 is 10.1 Å². The first-order chi connectivity index (χ1) is 9.93. The molecule has 3 rings (SSSR count). The van der Waals surface area contributed by atoms with Gasteiger partial charge in [0.05, 0.1) is 4.88 Å². The van der Waals surface area contributed by atoms with E-state index in [-0.39, 0.29) is 16.9 Å². The molecule has 2 saturated carbocycles. The largest absolute Gasteiger partial charge is 0.345 e. The van der Waals surface area contributed by atoms with Gasteiger partial charge in [0.2, 0.25) is 0 Å². The first kappa shape index (κ1) is 15.0. The molecular weight excluding hydrogens is 280 g/mol. The fourth-order valence-electron chi connectivity index (χ4n) is 4.49. The smallest absolute Gasteiger partial charge is 0.275 e. The van der Waals surface area contributed by atoms with Crippen LogP contribution in [-0.2, 0) is 11.3 Å². The molecule has 21 heavy (non-hydrogen) atoms. The van der Waals surface area contributed by atoms with Gasteiger partial charge in [-0.2, -0.15) is 0 Å². The number of carbonyl (C=O) groups is 1. The number of quaternary nitrogens is 1. The van der Waals surface area contributed by atoms with E-state index in [1.54, 1.807) is 11.3 Å². The quantitative estimate of drug-likeness (QED) is 0.860. The Bertz CT molecular complexity index is 511. The second-order valence-corrected chi connectivity index (χ2v) is 8.49. The average Bonchev–Trinajstić information content (AvgIpc) is 3.11. The highest BCUT2D eigenvalue weighted by molar-refractivity contribution is 7.09. The summed E-state index contributed by atoms with van der Waals surface area (Å²) < 4.78 is 0. The number of hydrogen-bond donors (Lipinski definition) is 2. The fourth-order valence-corrected chi connectivity index (χ4v) is 5.19. The summed E-state index contributed by atoms with van der Waals surface area (Å²) in [7, 11) is 0. The molecule has 1 aromatic heterocycles. The Labute approximate surface area is 131 Å². The second kappa shape index (κ2) is 5.40. The van der Waals surface area contributed by atoms with Crippen molar-refractivity contribution in [3.8, 4) is 0 Å². The van der Waals surface area contributed by atoms with Crippen molar-refractivity contribution >= 4 is 17.2 Å². The Morgan fingerprint density at radius 1 is 1.38 bits per heavy atom. The van der Waals surface area contributed by atoms with Crippen molar-refractivity contribution in [1.29, 1.82) is 0 Å². The number of nitrogens with one attached hydrogen (secondary N) is 1. The van der Waals surface area contributed by atoms with E-state index in [0.29, 0.717) is 12.5 Å². The molecule has 2 bridgehead atoms. The molecule has 1 amide bonds. The highest BCUT2D eigenvalue weighted by Gasteiger charge is 2.60. The van der Waals surface area contributed by atoms with E-state index in [4.69, 9.17) is 0 Å². The zero-order valence-electron chi connectivity index (χ0n) is 13.3. The molecule has 2 fully saturated rings. The molecule has 1 heterocycles. The molecule has 1 aromatic rings. The molecule has 2 aliphatic rings. The van der Waals surface area contributed by atoms with E-state index >= 15 is 0 Å². The summed E-state index contributed by atoms with van der Waals surface area (Å²) in [6, 6.07) is 4.19. The van der Waals surface area contributed by atoms with Crippen molar-refractivity contribution in [2.24, 2.45) is 17.3 Å². The number of hydrogen-bond acceptors (Lipinski definition) is 2. The van der Waals surface area contributed by atoms with Gasteiger partial charge in [-0.15, -0.1) is 11.3 Å². The second-order valence-electron chi connectivity index (χ2n) is 7.46. The van der Waals surface area contributed by atoms with Crippen LogP contribution in [0.5, 0.6) is 0 Å². The van der Waals surface area contributed by atoms with Crippen LogP contribution in [0.1, 0.15) is 44.9 Å². The fraction of sp³-hybridized carbons (Fsp3) is 0.706. The van der Waals surface area contributed by atoms with Gasteiger partial charge in [0, 0.05) is 5.54 Å². The highest BCUT2D eigenvalue weighted by atomic mass is 32.1. The molecule has 0 unspecified atom stereocenters. The van der Waals surface area contributed by atoms with Gasteiger partial charge in [0.25, 0.3) is 5.91 Å². The SMILES string of the molecule is CC1(C)[C@@H]2CC[C@H](C2)[C@@]1(C)NC(=O)C[NH2+]Cc1cccs1. The third-order valence-corrected chi connectivity index (χ3v) is 7.16. The van der Waals surface area contributed by atoms with Crippen LogP contribution in [0.4, 0.5) is 0 Å². The molecule has 0 aromatic carbocycles. The molecule has 0 spiro atoms. The van der Waals surface area contributed by atoms with Crippen molar-refractivity contribution in [1.82, 2.24) is 5.32 Å². The minimum Gasteiger partial charge on any atom is -0.345 e. The number of fused-ring (bicyclic) bond motifs is 2. The Morgan fingerprint density at radius 3 is 2.76 bits per heavy atom. The van der Waals surface area contributed by atoms with Crippen molar-refractivity contribution in [2.45, 2.75) is 52.1 Å². The third-order valence-electron chi connectivity index (χ3n) is 6.26. The Hall–Kier alpha value is -0.870. The molecule has 3 atom stereocenters. The zero-order valence-corrected chi connectivity index (χ0v) is 14.1. The molecule has 0 aliphatic heterocycles. The lowest BCUT2D eigenvalue weighted by atomic mass is 9.64. The zero-order chi connectivity index (χ0) is 15.1. The Balaban J connectivity index is 1.54. The van der Waals surface area contributed by atoms with Crippen LogP contribution in [0.25, 0.3) is 0 Å². The molecule has 0 saturated heterocycles.